The molecule has 6 nitrogen and oxygen atoms in total. The zero-order valence-corrected chi connectivity index (χ0v) is 11.3. The second kappa shape index (κ2) is 5.48. The van der Waals surface area contributed by atoms with E-state index >= 15 is 0 Å². The SMILES string of the molecule is CCNS(=O)(=O)Nc1cc(Br)ccc1C(=O)O. The van der Waals surface area contributed by atoms with Gasteiger partial charge in [-0.2, -0.15) is 13.1 Å². The molecule has 0 aliphatic carbocycles. The Kier molecular flexibility index (Phi) is 4.49. The van der Waals surface area contributed by atoms with Crippen LogP contribution < -0.4 is 9.44 Å². The first-order valence-electron chi connectivity index (χ1n) is 4.66. The van der Waals surface area contributed by atoms with Gasteiger partial charge < -0.3 is 5.11 Å². The molecule has 0 aliphatic heterocycles. The number of carboxylic acid groups (broad SMARTS) is 1. The lowest BCUT2D eigenvalue weighted by Crippen LogP contribution is -2.30. The van der Waals surface area contributed by atoms with E-state index in [1.807, 2.05) is 0 Å². The van der Waals surface area contributed by atoms with Crippen LogP contribution in [0.4, 0.5) is 5.69 Å². The summed E-state index contributed by atoms with van der Waals surface area (Å²) in [7, 11) is -3.74. The molecule has 1 rings (SSSR count). The van der Waals surface area contributed by atoms with Crippen LogP contribution in [0.15, 0.2) is 22.7 Å². The van der Waals surface area contributed by atoms with Crippen LogP contribution in [0.1, 0.15) is 17.3 Å². The number of benzene rings is 1. The molecule has 0 amide bonds. The van der Waals surface area contributed by atoms with Crippen molar-refractivity contribution >= 4 is 37.8 Å². The third-order valence-corrected chi connectivity index (χ3v) is 3.44. The number of carboxylic acids is 1. The molecule has 0 aliphatic rings. The number of aromatic carboxylic acids is 1. The van der Waals surface area contributed by atoms with E-state index in [0.29, 0.717) is 4.47 Å². The fourth-order valence-corrected chi connectivity index (χ4v) is 2.43. The Labute approximate surface area is 107 Å². The largest absolute Gasteiger partial charge is 0.478 e. The zero-order valence-electron chi connectivity index (χ0n) is 8.90. The molecule has 17 heavy (non-hydrogen) atoms. The molecule has 0 saturated heterocycles. The maximum Gasteiger partial charge on any atom is 0.337 e. The highest BCUT2D eigenvalue weighted by molar-refractivity contribution is 9.10. The van der Waals surface area contributed by atoms with Gasteiger partial charge in [-0.1, -0.05) is 22.9 Å². The van der Waals surface area contributed by atoms with Gasteiger partial charge in [-0.05, 0) is 18.2 Å². The van der Waals surface area contributed by atoms with E-state index in [4.69, 9.17) is 5.11 Å². The highest BCUT2D eigenvalue weighted by Crippen LogP contribution is 2.22. The maximum absolute atomic E-state index is 11.5. The molecule has 8 heteroatoms. The van der Waals surface area contributed by atoms with Crippen molar-refractivity contribution < 1.29 is 18.3 Å². The molecule has 1 aromatic rings. The Balaban J connectivity index is 3.13. The van der Waals surface area contributed by atoms with Crippen molar-refractivity contribution in [2.24, 2.45) is 0 Å². The van der Waals surface area contributed by atoms with E-state index in [1.54, 1.807) is 6.92 Å². The average Bonchev–Trinajstić information content (AvgIpc) is 2.15. The molecule has 0 fully saturated rings. The molecule has 0 saturated carbocycles. The summed E-state index contributed by atoms with van der Waals surface area (Å²) in [4.78, 5) is 10.9. The molecule has 0 unspecified atom stereocenters. The van der Waals surface area contributed by atoms with Crippen LogP contribution in [-0.2, 0) is 10.2 Å². The lowest BCUT2D eigenvalue weighted by Gasteiger charge is -2.10. The van der Waals surface area contributed by atoms with Crippen LogP contribution in [0.2, 0.25) is 0 Å². The van der Waals surface area contributed by atoms with Gasteiger partial charge in [0.05, 0.1) is 11.3 Å². The molecule has 1 aromatic carbocycles. The number of rotatable bonds is 5. The summed E-state index contributed by atoms with van der Waals surface area (Å²) >= 11 is 3.14. The van der Waals surface area contributed by atoms with Gasteiger partial charge in [0.2, 0.25) is 0 Å². The van der Waals surface area contributed by atoms with Gasteiger partial charge in [0, 0.05) is 11.0 Å². The Bertz CT molecular complexity index is 530. The minimum Gasteiger partial charge on any atom is -0.478 e. The van der Waals surface area contributed by atoms with Crippen molar-refractivity contribution in [2.45, 2.75) is 6.92 Å². The van der Waals surface area contributed by atoms with Crippen molar-refractivity contribution in [3.63, 3.8) is 0 Å². The first-order valence-corrected chi connectivity index (χ1v) is 6.93. The van der Waals surface area contributed by atoms with Gasteiger partial charge in [0.25, 0.3) is 10.2 Å². The lowest BCUT2D eigenvalue weighted by atomic mass is 10.2. The number of carbonyl (C=O) groups is 1. The number of hydrogen-bond donors (Lipinski definition) is 3. The Morgan fingerprint density at radius 3 is 2.65 bits per heavy atom. The number of anilines is 1. The van der Waals surface area contributed by atoms with E-state index in [1.165, 1.54) is 18.2 Å². The fourth-order valence-electron chi connectivity index (χ4n) is 1.16. The second-order valence-electron chi connectivity index (χ2n) is 3.10. The van der Waals surface area contributed by atoms with Crippen LogP contribution in [0.5, 0.6) is 0 Å². The molecular formula is C9H11BrN2O4S. The van der Waals surface area contributed by atoms with Gasteiger partial charge in [-0.15, -0.1) is 0 Å². The third kappa shape index (κ3) is 3.99. The van der Waals surface area contributed by atoms with E-state index in [-0.39, 0.29) is 17.8 Å². The molecule has 0 radical (unpaired) electrons. The van der Waals surface area contributed by atoms with Gasteiger partial charge in [0.1, 0.15) is 0 Å². The van der Waals surface area contributed by atoms with Crippen LogP contribution in [0.25, 0.3) is 0 Å². The third-order valence-electron chi connectivity index (χ3n) is 1.79. The summed E-state index contributed by atoms with van der Waals surface area (Å²) in [5.41, 5.74) is -0.109. The second-order valence-corrected chi connectivity index (χ2v) is 5.51. The first kappa shape index (κ1) is 13.9. The van der Waals surface area contributed by atoms with Crippen LogP contribution in [0.3, 0.4) is 0 Å². The van der Waals surface area contributed by atoms with Crippen LogP contribution in [0, 0.1) is 0 Å². The van der Waals surface area contributed by atoms with Crippen molar-refractivity contribution in [1.82, 2.24) is 4.72 Å². The normalized spacial score (nSPS) is 11.2. The molecule has 0 aromatic heterocycles. The highest BCUT2D eigenvalue weighted by atomic mass is 79.9. The van der Waals surface area contributed by atoms with Gasteiger partial charge >= 0.3 is 5.97 Å². The van der Waals surface area contributed by atoms with Crippen molar-refractivity contribution in [1.29, 1.82) is 0 Å². The van der Waals surface area contributed by atoms with E-state index in [9.17, 15) is 13.2 Å². The molecule has 3 N–H and O–H groups in total. The summed E-state index contributed by atoms with van der Waals surface area (Å²) in [6, 6.07) is 4.23. The van der Waals surface area contributed by atoms with E-state index in [2.05, 4.69) is 25.4 Å². The Morgan fingerprint density at radius 1 is 1.47 bits per heavy atom. The molecule has 94 valence electrons. The number of nitrogens with one attached hydrogen (secondary N) is 2. The molecule has 0 atom stereocenters. The monoisotopic (exact) mass is 322 g/mol. The van der Waals surface area contributed by atoms with Gasteiger partial charge in [-0.3, -0.25) is 4.72 Å². The van der Waals surface area contributed by atoms with Crippen molar-refractivity contribution in [2.75, 3.05) is 11.3 Å². The van der Waals surface area contributed by atoms with Crippen molar-refractivity contribution in [3.8, 4) is 0 Å². The predicted octanol–water partition coefficient (Wildman–Crippen LogP) is 1.41. The Hall–Kier alpha value is -1.12. The van der Waals surface area contributed by atoms with Crippen LogP contribution in [-0.4, -0.2) is 26.0 Å². The summed E-state index contributed by atoms with van der Waals surface area (Å²) in [6.07, 6.45) is 0. The quantitative estimate of drug-likeness (QED) is 0.763. The topological polar surface area (TPSA) is 95.5 Å². The predicted molar refractivity (Wildman–Crippen MR) is 67.3 cm³/mol. The smallest absolute Gasteiger partial charge is 0.337 e. The summed E-state index contributed by atoms with van der Waals surface area (Å²) in [5.74, 6) is -1.20. The minimum atomic E-state index is -3.74. The summed E-state index contributed by atoms with van der Waals surface area (Å²) in [6.45, 7) is 1.84. The molecule has 0 heterocycles. The first-order chi connectivity index (χ1) is 7.85. The van der Waals surface area contributed by atoms with Crippen molar-refractivity contribution in [3.05, 3.63) is 28.2 Å². The Morgan fingerprint density at radius 2 is 2.12 bits per heavy atom. The highest BCUT2D eigenvalue weighted by Gasteiger charge is 2.15. The number of halogens is 1. The average molecular weight is 323 g/mol. The minimum absolute atomic E-state index is 0.00725. The maximum atomic E-state index is 11.5. The van der Waals surface area contributed by atoms with Gasteiger partial charge in [0.15, 0.2) is 0 Å². The lowest BCUT2D eigenvalue weighted by molar-refractivity contribution is 0.0698. The van der Waals surface area contributed by atoms with E-state index in [0.717, 1.165) is 0 Å². The van der Waals surface area contributed by atoms with E-state index < -0.39 is 16.2 Å². The fraction of sp³-hybridized carbons (Fsp3) is 0.222. The number of hydrogen-bond acceptors (Lipinski definition) is 3. The van der Waals surface area contributed by atoms with Gasteiger partial charge in [-0.25, -0.2) is 4.79 Å². The van der Waals surface area contributed by atoms with Crippen LogP contribution >= 0.6 is 15.9 Å². The molecule has 0 spiro atoms. The molecular weight excluding hydrogens is 312 g/mol. The standard InChI is InChI=1S/C9H11BrN2O4S/c1-2-11-17(15,16)12-8-5-6(10)3-4-7(8)9(13)14/h3-5,11-12H,2H2,1H3,(H,13,14). The summed E-state index contributed by atoms with van der Waals surface area (Å²) < 4.78 is 27.9. The molecule has 0 bridgehead atoms. The zero-order chi connectivity index (χ0) is 13.1. The summed E-state index contributed by atoms with van der Waals surface area (Å²) in [5, 5.41) is 8.91.